The molecule has 7 heteroatoms. The van der Waals surface area contributed by atoms with E-state index in [1.807, 2.05) is 0 Å². The van der Waals surface area contributed by atoms with Gasteiger partial charge >= 0.3 is 0 Å². The van der Waals surface area contributed by atoms with Gasteiger partial charge in [0.05, 0.1) is 21.3 Å². The summed E-state index contributed by atoms with van der Waals surface area (Å²) in [4.78, 5) is 16.1. The van der Waals surface area contributed by atoms with E-state index in [4.69, 9.17) is 23.2 Å². The highest BCUT2D eigenvalue weighted by Gasteiger charge is 2.15. The van der Waals surface area contributed by atoms with Gasteiger partial charge in [0.25, 0.3) is 5.91 Å². The van der Waals surface area contributed by atoms with Crippen LogP contribution in [0.2, 0.25) is 10.0 Å². The summed E-state index contributed by atoms with van der Waals surface area (Å²) >= 11 is 11.6. The highest BCUT2D eigenvalue weighted by atomic mass is 35.5. The summed E-state index contributed by atoms with van der Waals surface area (Å²) in [5.41, 5.74) is 0.173. The Morgan fingerprint density at radius 1 is 1.30 bits per heavy atom. The molecule has 0 atom stereocenters. The molecule has 0 radical (unpaired) electrons. The third-order valence-electron chi connectivity index (χ3n) is 2.56. The number of anilines is 2. The van der Waals surface area contributed by atoms with Gasteiger partial charge in [-0.3, -0.25) is 4.79 Å². The molecular weight excluding hydrogens is 304 g/mol. The molecule has 2 N–H and O–H groups in total. The number of halogens is 3. The van der Waals surface area contributed by atoms with Crippen molar-refractivity contribution >= 4 is 40.6 Å². The number of pyridine rings is 1. The second-order valence-corrected chi connectivity index (χ2v) is 4.67. The van der Waals surface area contributed by atoms with Gasteiger partial charge in [0.15, 0.2) is 5.82 Å². The molecule has 2 aromatic rings. The van der Waals surface area contributed by atoms with Gasteiger partial charge in [-0.15, -0.1) is 0 Å². The molecule has 2 rings (SSSR count). The maximum Gasteiger partial charge on any atom is 0.257 e. The Labute approximate surface area is 124 Å². The smallest absolute Gasteiger partial charge is 0.257 e. The van der Waals surface area contributed by atoms with Crippen molar-refractivity contribution in [2.45, 2.75) is 0 Å². The van der Waals surface area contributed by atoms with Crippen LogP contribution in [-0.4, -0.2) is 17.9 Å². The lowest BCUT2D eigenvalue weighted by Gasteiger charge is -2.09. The van der Waals surface area contributed by atoms with E-state index < -0.39 is 11.7 Å². The Kier molecular flexibility index (Phi) is 4.42. The first-order chi connectivity index (χ1) is 9.52. The number of rotatable bonds is 3. The zero-order valence-corrected chi connectivity index (χ0v) is 11.9. The largest absolute Gasteiger partial charge is 0.373 e. The molecule has 1 aromatic heterocycles. The van der Waals surface area contributed by atoms with Gasteiger partial charge in [-0.25, -0.2) is 9.37 Å². The summed E-state index contributed by atoms with van der Waals surface area (Å²) in [5, 5.41) is 5.31. The Bertz CT molecular complexity index is 664. The molecule has 0 aliphatic rings. The molecular formula is C13H10Cl2FN3O. The summed E-state index contributed by atoms with van der Waals surface area (Å²) < 4.78 is 13.7. The van der Waals surface area contributed by atoms with Gasteiger partial charge in [0.2, 0.25) is 0 Å². The van der Waals surface area contributed by atoms with E-state index in [-0.39, 0.29) is 21.3 Å². The van der Waals surface area contributed by atoms with Gasteiger partial charge in [-0.1, -0.05) is 29.3 Å². The highest BCUT2D eigenvalue weighted by molar-refractivity contribution is 6.34. The number of nitrogens with zero attached hydrogens (tertiary/aromatic N) is 1. The SMILES string of the molecule is CNc1cc(C(=O)Nc2cccc(Cl)c2F)c(Cl)cn1. The third-order valence-corrected chi connectivity index (χ3v) is 3.15. The second kappa shape index (κ2) is 6.07. The zero-order chi connectivity index (χ0) is 14.7. The number of hydrogen-bond donors (Lipinski definition) is 2. The fourth-order valence-corrected chi connectivity index (χ4v) is 1.90. The van der Waals surface area contributed by atoms with Crippen LogP contribution < -0.4 is 10.6 Å². The van der Waals surface area contributed by atoms with E-state index in [1.165, 1.54) is 30.5 Å². The number of aromatic nitrogens is 1. The lowest BCUT2D eigenvalue weighted by atomic mass is 10.2. The van der Waals surface area contributed by atoms with E-state index in [0.717, 1.165) is 0 Å². The first kappa shape index (κ1) is 14.6. The average Bonchev–Trinajstić information content (AvgIpc) is 2.44. The minimum atomic E-state index is -0.693. The highest BCUT2D eigenvalue weighted by Crippen LogP contribution is 2.24. The summed E-state index contributed by atoms with van der Waals surface area (Å²) in [5.74, 6) is -0.761. The predicted molar refractivity (Wildman–Crippen MR) is 78.2 cm³/mol. The van der Waals surface area contributed by atoms with Crippen LogP contribution in [-0.2, 0) is 0 Å². The molecule has 0 spiro atoms. The predicted octanol–water partition coefficient (Wildman–Crippen LogP) is 3.82. The van der Waals surface area contributed by atoms with Crippen LogP contribution in [0.5, 0.6) is 0 Å². The summed E-state index contributed by atoms with van der Waals surface area (Å²) in [6.45, 7) is 0. The maximum atomic E-state index is 13.7. The summed E-state index contributed by atoms with van der Waals surface area (Å²) in [6, 6.07) is 5.81. The van der Waals surface area contributed by atoms with Gasteiger partial charge in [-0.05, 0) is 18.2 Å². The molecule has 0 aliphatic heterocycles. The quantitative estimate of drug-likeness (QED) is 0.905. The zero-order valence-electron chi connectivity index (χ0n) is 10.4. The number of carbonyl (C=O) groups is 1. The number of benzene rings is 1. The second-order valence-electron chi connectivity index (χ2n) is 3.85. The average molecular weight is 314 g/mol. The monoisotopic (exact) mass is 313 g/mol. The first-order valence-corrected chi connectivity index (χ1v) is 6.37. The van der Waals surface area contributed by atoms with Crippen LogP contribution in [0.15, 0.2) is 30.5 Å². The molecule has 0 aliphatic carbocycles. The fourth-order valence-electron chi connectivity index (χ4n) is 1.54. The van der Waals surface area contributed by atoms with E-state index in [2.05, 4.69) is 15.6 Å². The number of hydrogen-bond acceptors (Lipinski definition) is 3. The summed E-state index contributed by atoms with van der Waals surface area (Å²) in [6.07, 6.45) is 1.34. The van der Waals surface area contributed by atoms with Gasteiger partial charge in [0, 0.05) is 13.2 Å². The lowest BCUT2D eigenvalue weighted by Crippen LogP contribution is -2.14. The van der Waals surface area contributed by atoms with Crippen LogP contribution in [0.3, 0.4) is 0 Å². The van der Waals surface area contributed by atoms with Crippen molar-refractivity contribution in [2.75, 3.05) is 17.7 Å². The number of amides is 1. The molecule has 1 amide bonds. The first-order valence-electron chi connectivity index (χ1n) is 5.61. The molecule has 20 heavy (non-hydrogen) atoms. The van der Waals surface area contributed by atoms with E-state index >= 15 is 0 Å². The molecule has 1 aromatic carbocycles. The molecule has 0 saturated heterocycles. The Hall–Kier alpha value is -1.85. The van der Waals surface area contributed by atoms with Crippen LogP contribution >= 0.6 is 23.2 Å². The minimum Gasteiger partial charge on any atom is -0.373 e. The van der Waals surface area contributed by atoms with E-state index in [0.29, 0.717) is 5.82 Å². The molecule has 0 unspecified atom stereocenters. The molecule has 4 nitrogen and oxygen atoms in total. The van der Waals surface area contributed by atoms with Crippen molar-refractivity contribution < 1.29 is 9.18 Å². The normalized spacial score (nSPS) is 10.2. The Balaban J connectivity index is 2.30. The minimum absolute atomic E-state index is 0.0126. The van der Waals surface area contributed by atoms with E-state index in [1.54, 1.807) is 7.05 Å². The van der Waals surface area contributed by atoms with Crippen molar-refractivity contribution in [3.63, 3.8) is 0 Å². The van der Waals surface area contributed by atoms with Crippen molar-refractivity contribution in [1.82, 2.24) is 4.98 Å². The molecule has 0 bridgehead atoms. The maximum absolute atomic E-state index is 13.7. The van der Waals surface area contributed by atoms with Gasteiger partial charge in [-0.2, -0.15) is 0 Å². The molecule has 1 heterocycles. The molecule has 104 valence electrons. The van der Waals surface area contributed by atoms with Crippen LogP contribution in [0.1, 0.15) is 10.4 Å². The number of carbonyl (C=O) groups excluding carboxylic acids is 1. The number of nitrogens with one attached hydrogen (secondary N) is 2. The topological polar surface area (TPSA) is 54.0 Å². The van der Waals surface area contributed by atoms with Crippen LogP contribution in [0.25, 0.3) is 0 Å². The van der Waals surface area contributed by atoms with E-state index in [9.17, 15) is 9.18 Å². The van der Waals surface area contributed by atoms with Crippen LogP contribution in [0, 0.1) is 5.82 Å². The van der Waals surface area contributed by atoms with Crippen molar-refractivity contribution in [1.29, 1.82) is 0 Å². The fraction of sp³-hybridized carbons (Fsp3) is 0.0769. The molecule has 0 fully saturated rings. The van der Waals surface area contributed by atoms with Crippen LogP contribution in [0.4, 0.5) is 15.9 Å². The summed E-state index contributed by atoms with van der Waals surface area (Å²) in [7, 11) is 1.66. The van der Waals surface area contributed by atoms with Crippen molar-refractivity contribution in [3.8, 4) is 0 Å². The van der Waals surface area contributed by atoms with Gasteiger partial charge < -0.3 is 10.6 Å². The van der Waals surface area contributed by atoms with Crippen molar-refractivity contribution in [2.24, 2.45) is 0 Å². The molecule has 0 saturated carbocycles. The van der Waals surface area contributed by atoms with Crippen molar-refractivity contribution in [3.05, 3.63) is 51.9 Å². The standard InChI is InChI=1S/C13H10Cl2FN3O/c1-17-11-5-7(9(15)6-18-11)13(20)19-10-4-2-3-8(14)12(10)16/h2-6H,1H3,(H,17,18)(H,19,20). The third kappa shape index (κ3) is 3.00. The Morgan fingerprint density at radius 2 is 2.05 bits per heavy atom. The van der Waals surface area contributed by atoms with Gasteiger partial charge in [0.1, 0.15) is 5.82 Å². The lowest BCUT2D eigenvalue weighted by molar-refractivity contribution is 0.102. The Morgan fingerprint density at radius 3 is 2.75 bits per heavy atom.